The monoisotopic (exact) mass is 464 g/mol. The summed E-state index contributed by atoms with van der Waals surface area (Å²) in [5, 5.41) is 11.4. The van der Waals surface area contributed by atoms with E-state index in [9.17, 15) is 19.2 Å². The van der Waals surface area contributed by atoms with Gasteiger partial charge in [0.2, 0.25) is 23.6 Å². The zero-order valence-corrected chi connectivity index (χ0v) is 20.1. The summed E-state index contributed by atoms with van der Waals surface area (Å²) in [6.45, 7) is 6.67. The van der Waals surface area contributed by atoms with E-state index >= 15 is 0 Å². The molecule has 1 saturated carbocycles. The van der Waals surface area contributed by atoms with Gasteiger partial charge in [-0.3, -0.25) is 19.2 Å². The van der Waals surface area contributed by atoms with Crippen LogP contribution in [-0.4, -0.2) is 23.6 Å². The van der Waals surface area contributed by atoms with E-state index in [1.807, 2.05) is 38.1 Å². The molecular formula is C26H32N4O4. The topological polar surface area (TPSA) is 116 Å². The average molecular weight is 465 g/mol. The fraction of sp³-hybridized carbons (Fsp3) is 0.385. The lowest BCUT2D eigenvalue weighted by Crippen LogP contribution is -2.32. The zero-order valence-electron chi connectivity index (χ0n) is 20.1. The van der Waals surface area contributed by atoms with Crippen molar-refractivity contribution in [2.75, 3.05) is 21.3 Å². The van der Waals surface area contributed by atoms with Gasteiger partial charge in [0.1, 0.15) is 0 Å². The van der Waals surface area contributed by atoms with Gasteiger partial charge in [0.05, 0.1) is 0 Å². The maximum atomic E-state index is 12.8. The zero-order chi connectivity index (χ0) is 24.8. The first-order valence-corrected chi connectivity index (χ1v) is 11.5. The van der Waals surface area contributed by atoms with E-state index in [0.29, 0.717) is 48.4 Å². The summed E-state index contributed by atoms with van der Waals surface area (Å²) in [6.07, 6.45) is 2.50. The van der Waals surface area contributed by atoms with Crippen molar-refractivity contribution in [2.24, 2.45) is 11.8 Å². The third-order valence-corrected chi connectivity index (χ3v) is 6.10. The van der Waals surface area contributed by atoms with Gasteiger partial charge < -0.3 is 21.3 Å². The Morgan fingerprint density at radius 1 is 0.618 bits per heavy atom. The Morgan fingerprint density at radius 3 is 1.29 bits per heavy atom. The minimum atomic E-state index is -0.167. The maximum Gasteiger partial charge on any atom is 0.227 e. The second-order valence-corrected chi connectivity index (χ2v) is 8.95. The molecule has 4 N–H and O–H groups in total. The number of anilines is 4. The van der Waals surface area contributed by atoms with Crippen molar-refractivity contribution in [2.45, 2.75) is 53.4 Å². The van der Waals surface area contributed by atoms with Gasteiger partial charge in [0.25, 0.3) is 0 Å². The van der Waals surface area contributed by atoms with Crippen LogP contribution in [0.4, 0.5) is 22.7 Å². The smallest absolute Gasteiger partial charge is 0.227 e. The van der Waals surface area contributed by atoms with Crippen LogP contribution >= 0.6 is 0 Å². The Hall–Kier alpha value is -3.68. The normalized spacial score (nSPS) is 17.4. The number of carbonyl (C=O) groups is 4. The van der Waals surface area contributed by atoms with Gasteiger partial charge in [-0.25, -0.2) is 0 Å². The highest BCUT2D eigenvalue weighted by atomic mass is 16.2. The average Bonchev–Trinajstić information content (AvgIpc) is 2.77. The van der Waals surface area contributed by atoms with Gasteiger partial charge in [-0.2, -0.15) is 0 Å². The molecular weight excluding hydrogens is 432 g/mol. The van der Waals surface area contributed by atoms with Crippen molar-refractivity contribution in [3.8, 4) is 0 Å². The number of aryl methyl sites for hydroxylation is 2. The molecule has 0 spiro atoms. The van der Waals surface area contributed by atoms with Crippen molar-refractivity contribution in [1.82, 2.24) is 0 Å². The van der Waals surface area contributed by atoms with Gasteiger partial charge in [-0.05, 0) is 74.9 Å². The summed E-state index contributed by atoms with van der Waals surface area (Å²) in [5.41, 5.74) is 4.43. The lowest BCUT2D eigenvalue weighted by atomic mass is 9.81. The first-order valence-electron chi connectivity index (χ1n) is 11.5. The Kier molecular flexibility index (Phi) is 8.04. The predicted molar refractivity (Wildman–Crippen MR) is 134 cm³/mol. The van der Waals surface area contributed by atoms with Crippen LogP contribution < -0.4 is 21.3 Å². The molecule has 1 aliphatic rings. The molecule has 0 unspecified atom stereocenters. The van der Waals surface area contributed by atoms with Crippen molar-refractivity contribution in [3.63, 3.8) is 0 Å². The highest BCUT2D eigenvalue weighted by Crippen LogP contribution is 2.31. The first-order chi connectivity index (χ1) is 16.1. The van der Waals surface area contributed by atoms with Crippen LogP contribution in [0.1, 0.15) is 50.7 Å². The van der Waals surface area contributed by atoms with E-state index in [2.05, 4.69) is 21.3 Å². The highest BCUT2D eigenvalue weighted by Gasteiger charge is 2.30. The molecule has 8 nitrogen and oxygen atoms in total. The van der Waals surface area contributed by atoms with Gasteiger partial charge in [0, 0.05) is 48.4 Å². The van der Waals surface area contributed by atoms with E-state index in [4.69, 9.17) is 0 Å². The first kappa shape index (κ1) is 25.0. The van der Waals surface area contributed by atoms with E-state index in [-0.39, 0.29) is 35.5 Å². The molecule has 0 saturated heterocycles. The summed E-state index contributed by atoms with van der Waals surface area (Å²) >= 11 is 0. The second kappa shape index (κ2) is 11.0. The van der Waals surface area contributed by atoms with Crippen LogP contribution in [0, 0.1) is 25.7 Å². The number of carbonyl (C=O) groups excluding carboxylic acids is 4. The SMILES string of the molecule is CC(=O)Nc1cc(NC(=O)C2CCC(C(=O)Nc3ccc(C)c(NC(C)=O)c3)CC2)ccc1C. The van der Waals surface area contributed by atoms with E-state index in [1.165, 1.54) is 13.8 Å². The summed E-state index contributed by atoms with van der Waals surface area (Å²) in [6, 6.07) is 10.8. The molecule has 2 aromatic carbocycles. The number of hydrogen-bond donors (Lipinski definition) is 4. The largest absolute Gasteiger partial charge is 0.326 e. The third kappa shape index (κ3) is 6.66. The molecule has 4 amide bonds. The second-order valence-electron chi connectivity index (χ2n) is 8.95. The highest BCUT2D eigenvalue weighted by molar-refractivity contribution is 5.97. The minimum absolute atomic E-state index is 0.0741. The minimum Gasteiger partial charge on any atom is -0.326 e. The Balaban J connectivity index is 1.54. The summed E-state index contributed by atoms with van der Waals surface area (Å²) < 4.78 is 0. The molecule has 0 aromatic heterocycles. The summed E-state index contributed by atoms with van der Waals surface area (Å²) in [4.78, 5) is 48.3. The van der Waals surface area contributed by atoms with Crippen molar-refractivity contribution in [1.29, 1.82) is 0 Å². The molecule has 8 heteroatoms. The molecule has 2 aromatic rings. The Labute approximate surface area is 199 Å². The lowest BCUT2D eigenvalue weighted by molar-refractivity contribution is -0.125. The molecule has 3 rings (SSSR count). The Morgan fingerprint density at radius 2 is 0.971 bits per heavy atom. The fourth-order valence-electron chi connectivity index (χ4n) is 4.15. The molecule has 0 radical (unpaired) electrons. The molecule has 0 heterocycles. The molecule has 0 bridgehead atoms. The molecule has 34 heavy (non-hydrogen) atoms. The van der Waals surface area contributed by atoms with Crippen molar-refractivity contribution >= 4 is 46.4 Å². The van der Waals surface area contributed by atoms with Gasteiger partial charge >= 0.3 is 0 Å². The molecule has 1 fully saturated rings. The van der Waals surface area contributed by atoms with Gasteiger partial charge in [-0.15, -0.1) is 0 Å². The van der Waals surface area contributed by atoms with Crippen LogP contribution in [0.15, 0.2) is 36.4 Å². The van der Waals surface area contributed by atoms with E-state index < -0.39 is 0 Å². The standard InChI is InChI=1S/C26H32N4O4/c1-15-5-11-21(13-23(15)27-17(3)31)29-25(33)19-7-9-20(10-8-19)26(34)30-22-12-6-16(2)24(14-22)28-18(4)32/h5-6,11-14,19-20H,7-10H2,1-4H3,(H,27,31)(H,28,32)(H,29,33)(H,30,34). The fourth-order valence-corrected chi connectivity index (χ4v) is 4.15. The number of hydrogen-bond acceptors (Lipinski definition) is 4. The summed E-state index contributed by atoms with van der Waals surface area (Å²) in [7, 11) is 0. The number of nitrogens with one attached hydrogen (secondary N) is 4. The molecule has 0 aliphatic heterocycles. The predicted octanol–water partition coefficient (Wildman–Crippen LogP) is 4.60. The number of rotatable bonds is 6. The van der Waals surface area contributed by atoms with Crippen molar-refractivity contribution in [3.05, 3.63) is 47.5 Å². The van der Waals surface area contributed by atoms with Gasteiger partial charge in [0.15, 0.2) is 0 Å². The van der Waals surface area contributed by atoms with E-state index in [0.717, 1.165) is 11.1 Å². The lowest BCUT2D eigenvalue weighted by Gasteiger charge is -2.27. The van der Waals surface area contributed by atoms with Crippen LogP contribution in [0.2, 0.25) is 0 Å². The molecule has 180 valence electrons. The molecule has 0 atom stereocenters. The Bertz CT molecular complexity index is 1020. The van der Waals surface area contributed by atoms with Crippen LogP contribution in [0.3, 0.4) is 0 Å². The quantitative estimate of drug-likeness (QED) is 0.500. The van der Waals surface area contributed by atoms with Crippen LogP contribution in [0.5, 0.6) is 0 Å². The van der Waals surface area contributed by atoms with Crippen LogP contribution in [0.25, 0.3) is 0 Å². The number of amides is 4. The van der Waals surface area contributed by atoms with Gasteiger partial charge in [-0.1, -0.05) is 12.1 Å². The maximum absolute atomic E-state index is 12.8. The van der Waals surface area contributed by atoms with Crippen LogP contribution in [-0.2, 0) is 19.2 Å². The summed E-state index contributed by atoms with van der Waals surface area (Å²) in [5.74, 6) is -0.814. The number of benzene rings is 2. The molecule has 1 aliphatic carbocycles. The van der Waals surface area contributed by atoms with Crippen molar-refractivity contribution < 1.29 is 19.2 Å². The van der Waals surface area contributed by atoms with E-state index in [1.54, 1.807) is 12.1 Å². The third-order valence-electron chi connectivity index (χ3n) is 6.10.